The number of nitrogens with one attached hydrogen (secondary N) is 3. The molecule has 0 radical (unpaired) electrons. The Labute approximate surface area is 245 Å². The predicted octanol–water partition coefficient (Wildman–Crippen LogP) is 1.96. The van der Waals surface area contributed by atoms with Gasteiger partial charge in [0.25, 0.3) is 0 Å². The van der Waals surface area contributed by atoms with Crippen LogP contribution in [0.25, 0.3) is 0 Å². The second-order valence-electron chi connectivity index (χ2n) is 11.9. The van der Waals surface area contributed by atoms with Crippen molar-refractivity contribution in [3.63, 3.8) is 0 Å². The highest BCUT2D eigenvalue weighted by molar-refractivity contribution is 5.81. The zero-order valence-corrected chi connectivity index (χ0v) is 25.1. The van der Waals surface area contributed by atoms with Crippen molar-refractivity contribution in [3.8, 4) is 0 Å². The third kappa shape index (κ3) is 21.9. The summed E-state index contributed by atoms with van der Waals surface area (Å²) < 4.78 is 10.4. The number of amides is 3. The molecule has 0 saturated carbocycles. The molecule has 0 bridgehead atoms. The van der Waals surface area contributed by atoms with Crippen LogP contribution in [0.5, 0.6) is 0 Å². The van der Waals surface area contributed by atoms with Crippen molar-refractivity contribution in [2.45, 2.75) is 129 Å². The highest BCUT2D eigenvalue weighted by atomic mass is 16.6. The van der Waals surface area contributed by atoms with Gasteiger partial charge in [-0.1, -0.05) is 0 Å². The van der Waals surface area contributed by atoms with Crippen molar-refractivity contribution in [1.29, 1.82) is 0 Å². The van der Waals surface area contributed by atoms with Crippen LogP contribution in [0.1, 0.15) is 99.3 Å². The molecule has 0 spiro atoms. The second-order valence-corrected chi connectivity index (χ2v) is 11.9. The van der Waals surface area contributed by atoms with Gasteiger partial charge in [0.1, 0.15) is 11.2 Å². The number of carboxylic acids is 3. The van der Waals surface area contributed by atoms with Crippen LogP contribution in [0.4, 0.5) is 4.79 Å². The van der Waals surface area contributed by atoms with Crippen LogP contribution in [0.15, 0.2) is 0 Å². The molecule has 3 amide bonds. The molecule has 240 valence electrons. The van der Waals surface area contributed by atoms with E-state index in [4.69, 9.17) is 24.8 Å². The largest absolute Gasteiger partial charge is 0.481 e. The Kier molecular flexibility index (Phi) is 16.1. The molecule has 0 aliphatic carbocycles. The Hall–Kier alpha value is -3.91. The van der Waals surface area contributed by atoms with Gasteiger partial charge in [-0.25, -0.2) is 4.79 Å². The first kappa shape index (κ1) is 38.1. The fraction of sp³-hybridized carbons (Fsp3) is 0.741. The van der Waals surface area contributed by atoms with Crippen molar-refractivity contribution < 1.29 is 58.4 Å². The number of hydrogen-bond donors (Lipinski definition) is 6. The van der Waals surface area contributed by atoms with Gasteiger partial charge in [0.2, 0.25) is 11.8 Å². The van der Waals surface area contributed by atoms with Crippen LogP contribution >= 0.6 is 0 Å². The van der Waals surface area contributed by atoms with Crippen LogP contribution < -0.4 is 16.0 Å². The topological polar surface area (TPSA) is 235 Å². The minimum absolute atomic E-state index is 0.0753. The number of carboxylic acid groups (broad SMARTS) is 3. The lowest BCUT2D eigenvalue weighted by atomic mass is 10.0. The van der Waals surface area contributed by atoms with Crippen LogP contribution in [-0.2, 0) is 38.2 Å². The van der Waals surface area contributed by atoms with Crippen LogP contribution in [-0.4, -0.2) is 86.4 Å². The molecule has 0 aromatic rings. The first-order chi connectivity index (χ1) is 19.1. The maximum Gasteiger partial charge on any atom is 0.407 e. The Morgan fingerprint density at radius 1 is 0.548 bits per heavy atom. The Morgan fingerprint density at radius 3 is 1.21 bits per heavy atom. The first-order valence-electron chi connectivity index (χ1n) is 13.6. The number of rotatable bonds is 18. The van der Waals surface area contributed by atoms with E-state index in [9.17, 15) is 33.6 Å². The molecule has 0 aliphatic heterocycles. The highest BCUT2D eigenvalue weighted by Gasteiger charge is 2.26. The number of ether oxygens (including phenoxy) is 2. The summed E-state index contributed by atoms with van der Waals surface area (Å²) in [6, 6.07) is -2.80. The molecular formula is C27H45N3O12. The summed E-state index contributed by atoms with van der Waals surface area (Å²) in [5, 5.41) is 34.7. The van der Waals surface area contributed by atoms with Gasteiger partial charge in [-0.3, -0.25) is 28.8 Å². The molecule has 0 aliphatic rings. The average Bonchev–Trinajstić information content (AvgIpc) is 2.76. The SMILES string of the molecule is CC(C)(C)OC(=O)CC(CCC(=O)O)NC(=O)CC(CCC(=O)O)NC(=O)CC(CCC(=O)O)NC(=O)OC(C)(C)C. The lowest BCUT2D eigenvalue weighted by Gasteiger charge is -2.25. The molecular weight excluding hydrogens is 558 g/mol. The molecule has 0 fully saturated rings. The van der Waals surface area contributed by atoms with E-state index in [-0.39, 0.29) is 44.9 Å². The van der Waals surface area contributed by atoms with Gasteiger partial charge in [-0.2, -0.15) is 0 Å². The van der Waals surface area contributed by atoms with Crippen LogP contribution in [0, 0.1) is 0 Å². The number of alkyl carbamates (subject to hydrolysis) is 1. The predicted molar refractivity (Wildman–Crippen MR) is 147 cm³/mol. The van der Waals surface area contributed by atoms with Crippen molar-refractivity contribution in [2.24, 2.45) is 0 Å². The Morgan fingerprint density at radius 2 is 0.881 bits per heavy atom. The quantitative estimate of drug-likeness (QED) is 0.123. The molecule has 15 nitrogen and oxygen atoms in total. The van der Waals surface area contributed by atoms with E-state index in [1.807, 2.05) is 0 Å². The smallest absolute Gasteiger partial charge is 0.407 e. The summed E-state index contributed by atoms with van der Waals surface area (Å²) in [4.78, 5) is 83.4. The minimum atomic E-state index is -1.18. The maximum absolute atomic E-state index is 12.8. The van der Waals surface area contributed by atoms with Gasteiger partial charge < -0.3 is 40.7 Å². The number of carbonyl (C=O) groups is 7. The summed E-state index contributed by atoms with van der Waals surface area (Å²) in [5.74, 6) is -5.46. The van der Waals surface area contributed by atoms with E-state index in [0.717, 1.165) is 0 Å². The normalized spacial score (nSPS) is 13.6. The van der Waals surface area contributed by atoms with Crippen LogP contribution in [0.2, 0.25) is 0 Å². The van der Waals surface area contributed by atoms with Gasteiger partial charge in [-0.05, 0) is 60.8 Å². The van der Waals surface area contributed by atoms with E-state index in [1.54, 1.807) is 41.5 Å². The fourth-order valence-corrected chi connectivity index (χ4v) is 3.65. The number of esters is 1. The Bertz CT molecular complexity index is 900. The zero-order valence-electron chi connectivity index (χ0n) is 25.1. The molecule has 0 aromatic heterocycles. The van der Waals surface area contributed by atoms with E-state index in [1.165, 1.54) is 0 Å². The molecule has 3 unspecified atom stereocenters. The second kappa shape index (κ2) is 17.8. The molecule has 0 saturated heterocycles. The first-order valence-corrected chi connectivity index (χ1v) is 13.6. The van der Waals surface area contributed by atoms with Gasteiger partial charge in [0, 0.05) is 50.2 Å². The van der Waals surface area contributed by atoms with E-state index in [2.05, 4.69) is 16.0 Å². The summed E-state index contributed by atoms with van der Waals surface area (Å²) in [6.07, 6.45) is -3.32. The minimum Gasteiger partial charge on any atom is -0.481 e. The summed E-state index contributed by atoms with van der Waals surface area (Å²) in [6.45, 7) is 9.85. The lowest BCUT2D eigenvalue weighted by molar-refractivity contribution is -0.156. The lowest BCUT2D eigenvalue weighted by Crippen LogP contribution is -2.46. The van der Waals surface area contributed by atoms with Gasteiger partial charge in [0.05, 0.1) is 6.42 Å². The summed E-state index contributed by atoms with van der Waals surface area (Å²) in [7, 11) is 0. The van der Waals surface area contributed by atoms with Crippen molar-refractivity contribution in [1.82, 2.24) is 16.0 Å². The molecule has 6 N–H and O–H groups in total. The van der Waals surface area contributed by atoms with Crippen molar-refractivity contribution in [3.05, 3.63) is 0 Å². The summed E-state index contributed by atoms with van der Waals surface area (Å²) in [5.41, 5.74) is -1.64. The number of hydrogen-bond acceptors (Lipinski definition) is 9. The highest BCUT2D eigenvalue weighted by Crippen LogP contribution is 2.13. The van der Waals surface area contributed by atoms with E-state index >= 15 is 0 Å². The molecule has 0 heterocycles. The Balaban J connectivity index is 5.50. The molecule has 0 aromatic carbocycles. The fourth-order valence-electron chi connectivity index (χ4n) is 3.65. The van der Waals surface area contributed by atoms with E-state index in [0.29, 0.717) is 0 Å². The van der Waals surface area contributed by atoms with Crippen LogP contribution in [0.3, 0.4) is 0 Å². The van der Waals surface area contributed by atoms with Crippen molar-refractivity contribution >= 4 is 41.8 Å². The molecule has 3 atom stereocenters. The summed E-state index contributed by atoms with van der Waals surface area (Å²) >= 11 is 0. The van der Waals surface area contributed by atoms with E-state index < -0.39 is 84.0 Å². The maximum atomic E-state index is 12.8. The number of carbonyl (C=O) groups excluding carboxylic acids is 4. The van der Waals surface area contributed by atoms with Gasteiger partial charge in [0.15, 0.2) is 0 Å². The van der Waals surface area contributed by atoms with Crippen molar-refractivity contribution in [2.75, 3.05) is 0 Å². The van der Waals surface area contributed by atoms with Gasteiger partial charge >= 0.3 is 30.0 Å². The average molecular weight is 604 g/mol. The third-order valence-electron chi connectivity index (χ3n) is 5.27. The molecule has 42 heavy (non-hydrogen) atoms. The molecule has 15 heteroatoms. The molecule has 0 rings (SSSR count). The third-order valence-corrected chi connectivity index (χ3v) is 5.27. The monoisotopic (exact) mass is 603 g/mol. The zero-order chi connectivity index (χ0) is 32.7. The standard InChI is InChI=1S/C27H45N3O12/c1-26(2,3)41-24(39)15-18(9-12-23(37)38)29-19(31)13-16(7-10-21(33)34)28-20(32)14-17(8-11-22(35)36)30-25(40)42-27(4,5)6/h16-18H,7-15H2,1-6H3,(H,28,32)(H,29,31)(H,30,40)(H,33,34)(H,35,36)(H,37,38). The number of aliphatic carboxylic acids is 3. The van der Waals surface area contributed by atoms with Gasteiger partial charge in [-0.15, -0.1) is 0 Å².